The van der Waals surface area contributed by atoms with Gasteiger partial charge in [0, 0.05) is 5.57 Å². The van der Waals surface area contributed by atoms with Crippen LogP contribution in [-0.2, 0) is 9.59 Å². The molecule has 0 aliphatic carbocycles. The van der Waals surface area contributed by atoms with Crippen molar-refractivity contribution in [1.29, 1.82) is 0 Å². The lowest BCUT2D eigenvalue weighted by atomic mass is 9.96. The summed E-state index contributed by atoms with van der Waals surface area (Å²) in [6.45, 7) is 3.17. The van der Waals surface area contributed by atoms with E-state index in [1.165, 1.54) is 13.0 Å². The molecular formula is C8H12O4. The lowest BCUT2D eigenvalue weighted by molar-refractivity contribution is -0.143. The van der Waals surface area contributed by atoms with E-state index in [4.69, 9.17) is 10.2 Å². The van der Waals surface area contributed by atoms with Crippen molar-refractivity contribution in [2.45, 2.75) is 20.3 Å². The number of carboxylic acid groups (broad SMARTS) is 2. The average Bonchev–Trinajstić information content (AvgIpc) is 1.98. The van der Waals surface area contributed by atoms with Crippen molar-refractivity contribution in [3.8, 4) is 0 Å². The minimum absolute atomic E-state index is 0.0509. The second-order valence-electron chi connectivity index (χ2n) is 2.35. The van der Waals surface area contributed by atoms with Crippen molar-refractivity contribution in [3.05, 3.63) is 11.6 Å². The number of rotatable bonds is 4. The fourth-order valence-corrected chi connectivity index (χ4v) is 1.00. The van der Waals surface area contributed by atoms with E-state index in [1.54, 1.807) is 6.92 Å². The first-order valence-electron chi connectivity index (χ1n) is 3.66. The molecule has 0 saturated carbocycles. The van der Waals surface area contributed by atoms with Crippen molar-refractivity contribution in [3.63, 3.8) is 0 Å². The highest BCUT2D eigenvalue weighted by atomic mass is 16.4. The first kappa shape index (κ1) is 10.7. The summed E-state index contributed by atoms with van der Waals surface area (Å²) >= 11 is 0. The zero-order chi connectivity index (χ0) is 9.72. The highest BCUT2D eigenvalue weighted by Gasteiger charge is 2.24. The van der Waals surface area contributed by atoms with Gasteiger partial charge in [-0.1, -0.05) is 13.0 Å². The van der Waals surface area contributed by atoms with Crippen molar-refractivity contribution < 1.29 is 19.8 Å². The summed E-state index contributed by atoms with van der Waals surface area (Å²) in [6, 6.07) is 0. The van der Waals surface area contributed by atoms with Gasteiger partial charge >= 0.3 is 11.9 Å². The molecule has 4 nitrogen and oxygen atoms in total. The number of aliphatic carboxylic acids is 2. The van der Waals surface area contributed by atoms with Crippen LogP contribution in [0.5, 0.6) is 0 Å². The summed E-state index contributed by atoms with van der Waals surface area (Å²) in [5.41, 5.74) is -0.0509. The Balaban J connectivity index is 4.70. The molecule has 0 radical (unpaired) electrons. The first-order valence-corrected chi connectivity index (χ1v) is 3.66. The molecule has 0 aliphatic heterocycles. The molecule has 0 amide bonds. The maximum atomic E-state index is 10.5. The van der Waals surface area contributed by atoms with E-state index in [0.29, 0.717) is 6.42 Å². The number of carboxylic acids is 2. The zero-order valence-electron chi connectivity index (χ0n) is 7.07. The number of hydrogen-bond acceptors (Lipinski definition) is 2. The molecule has 0 rings (SSSR count). The Labute approximate surface area is 70.5 Å². The van der Waals surface area contributed by atoms with Crippen LogP contribution in [0.25, 0.3) is 0 Å². The lowest BCUT2D eigenvalue weighted by Crippen LogP contribution is -2.20. The van der Waals surface area contributed by atoms with Gasteiger partial charge in [-0.15, -0.1) is 0 Å². The minimum atomic E-state index is -1.16. The third-order valence-corrected chi connectivity index (χ3v) is 1.64. The molecule has 1 atom stereocenters. The summed E-state index contributed by atoms with van der Waals surface area (Å²) in [6.07, 6.45) is 1.62. The first-order chi connectivity index (χ1) is 5.54. The summed E-state index contributed by atoms with van der Waals surface area (Å²) in [5.74, 6) is -3.15. The van der Waals surface area contributed by atoms with Crippen LogP contribution >= 0.6 is 0 Å². The van der Waals surface area contributed by atoms with Gasteiger partial charge in [0.15, 0.2) is 0 Å². The third kappa shape index (κ3) is 2.38. The fourth-order valence-electron chi connectivity index (χ4n) is 1.00. The third-order valence-electron chi connectivity index (χ3n) is 1.64. The fraction of sp³-hybridized carbons (Fsp3) is 0.500. The summed E-state index contributed by atoms with van der Waals surface area (Å²) < 4.78 is 0. The Morgan fingerprint density at radius 1 is 1.42 bits per heavy atom. The summed E-state index contributed by atoms with van der Waals surface area (Å²) in [4.78, 5) is 21.0. The highest BCUT2D eigenvalue weighted by molar-refractivity contribution is 5.93. The van der Waals surface area contributed by atoms with Crippen molar-refractivity contribution in [2.24, 2.45) is 5.92 Å². The Morgan fingerprint density at radius 2 is 1.92 bits per heavy atom. The van der Waals surface area contributed by atoms with Crippen LogP contribution in [0.2, 0.25) is 0 Å². The molecule has 0 aromatic heterocycles. The number of hydrogen-bond donors (Lipinski definition) is 2. The molecule has 0 bridgehead atoms. The normalized spacial score (nSPS) is 14.0. The average molecular weight is 172 g/mol. The Bertz CT molecular complexity index is 217. The predicted molar refractivity (Wildman–Crippen MR) is 42.8 cm³/mol. The molecule has 0 heterocycles. The van der Waals surface area contributed by atoms with E-state index >= 15 is 0 Å². The lowest BCUT2D eigenvalue weighted by Gasteiger charge is -2.09. The standard InChI is InChI=1S/C8H12O4/c1-3-5(7(9)10)6(4-2)8(11)12/h3,6H,4H2,1-2H3,(H,9,10)(H,11,12). The molecule has 68 valence electrons. The van der Waals surface area contributed by atoms with Crippen LogP contribution in [0.4, 0.5) is 0 Å². The van der Waals surface area contributed by atoms with E-state index < -0.39 is 17.9 Å². The van der Waals surface area contributed by atoms with Gasteiger partial charge in [-0.3, -0.25) is 4.79 Å². The van der Waals surface area contributed by atoms with E-state index in [0.717, 1.165) is 0 Å². The number of carbonyl (C=O) groups is 2. The van der Waals surface area contributed by atoms with E-state index in [-0.39, 0.29) is 5.57 Å². The van der Waals surface area contributed by atoms with Gasteiger partial charge in [-0.2, -0.15) is 0 Å². The van der Waals surface area contributed by atoms with Crippen LogP contribution < -0.4 is 0 Å². The van der Waals surface area contributed by atoms with Gasteiger partial charge in [0.05, 0.1) is 5.92 Å². The summed E-state index contributed by atoms with van der Waals surface area (Å²) in [5, 5.41) is 17.2. The molecule has 4 heteroatoms. The maximum absolute atomic E-state index is 10.5. The van der Waals surface area contributed by atoms with Gasteiger partial charge in [0.2, 0.25) is 0 Å². The van der Waals surface area contributed by atoms with Gasteiger partial charge in [0.1, 0.15) is 0 Å². The molecule has 0 fully saturated rings. The predicted octanol–water partition coefficient (Wildman–Crippen LogP) is 1.13. The number of allylic oxidation sites excluding steroid dienone is 1. The van der Waals surface area contributed by atoms with Crippen LogP contribution in [0.3, 0.4) is 0 Å². The van der Waals surface area contributed by atoms with E-state index in [2.05, 4.69) is 0 Å². The van der Waals surface area contributed by atoms with Gasteiger partial charge in [-0.05, 0) is 13.3 Å². The van der Waals surface area contributed by atoms with Crippen molar-refractivity contribution in [2.75, 3.05) is 0 Å². The minimum Gasteiger partial charge on any atom is -0.481 e. The topological polar surface area (TPSA) is 74.6 Å². The van der Waals surface area contributed by atoms with Crippen LogP contribution in [0.1, 0.15) is 20.3 Å². The molecule has 0 aromatic rings. The molecule has 12 heavy (non-hydrogen) atoms. The van der Waals surface area contributed by atoms with Gasteiger partial charge < -0.3 is 10.2 Å². The second kappa shape index (κ2) is 4.54. The zero-order valence-corrected chi connectivity index (χ0v) is 7.07. The van der Waals surface area contributed by atoms with Crippen LogP contribution in [0.15, 0.2) is 11.6 Å². The Morgan fingerprint density at radius 3 is 2.00 bits per heavy atom. The smallest absolute Gasteiger partial charge is 0.332 e. The molecule has 2 N–H and O–H groups in total. The largest absolute Gasteiger partial charge is 0.481 e. The molecule has 0 saturated heterocycles. The van der Waals surface area contributed by atoms with Crippen LogP contribution in [-0.4, -0.2) is 22.2 Å². The van der Waals surface area contributed by atoms with E-state index in [1.807, 2.05) is 0 Å². The SMILES string of the molecule is CC=C(C(=O)O)C(CC)C(=O)O. The van der Waals surface area contributed by atoms with Crippen molar-refractivity contribution in [1.82, 2.24) is 0 Å². The van der Waals surface area contributed by atoms with E-state index in [9.17, 15) is 9.59 Å². The molecule has 0 aromatic carbocycles. The molecule has 0 aliphatic rings. The van der Waals surface area contributed by atoms with Gasteiger partial charge in [0.25, 0.3) is 0 Å². The van der Waals surface area contributed by atoms with Gasteiger partial charge in [-0.25, -0.2) is 4.79 Å². The highest BCUT2D eigenvalue weighted by Crippen LogP contribution is 2.15. The molecule has 0 spiro atoms. The summed E-state index contributed by atoms with van der Waals surface area (Å²) in [7, 11) is 0. The quantitative estimate of drug-likeness (QED) is 0.623. The van der Waals surface area contributed by atoms with Crippen molar-refractivity contribution >= 4 is 11.9 Å². The monoisotopic (exact) mass is 172 g/mol. The Hall–Kier alpha value is -1.32. The maximum Gasteiger partial charge on any atom is 0.332 e. The molecule has 1 unspecified atom stereocenters. The Kier molecular flexibility index (Phi) is 4.04. The molecular weight excluding hydrogens is 160 g/mol. The second-order valence-corrected chi connectivity index (χ2v) is 2.35. The van der Waals surface area contributed by atoms with Crippen LogP contribution in [0, 0.1) is 5.92 Å².